The van der Waals surface area contributed by atoms with Gasteiger partial charge in [-0.25, -0.2) is 0 Å². The standard InChI is InChI=1S/C45H64N2O6/c1-3-5-7-9-11-13-28-47(29-14-12-10-8-6-4-2)33-41-31-42(38-20-18-35(34-48)19-21-38)53-45(52-41)39-24-22-37(23-25-39)40-17-15-16-36(30-40)32-46-43(49)26-27-44(50)51/h15-25,30,41-42,45,48H,3-14,26-29,31-34H2,1-2H3,(H,46,49)(H,50,51)/t41-,42+,45+/m0/s1. The van der Waals surface area contributed by atoms with Gasteiger partial charge in [0.25, 0.3) is 0 Å². The molecule has 0 spiro atoms. The van der Waals surface area contributed by atoms with E-state index < -0.39 is 12.3 Å². The second-order valence-corrected chi connectivity index (χ2v) is 14.7. The summed E-state index contributed by atoms with van der Waals surface area (Å²) in [6, 6.07) is 24.5. The number of benzene rings is 3. The summed E-state index contributed by atoms with van der Waals surface area (Å²) in [6.07, 6.45) is 15.4. The van der Waals surface area contributed by atoms with E-state index >= 15 is 0 Å². The molecule has 0 unspecified atom stereocenters. The predicted molar refractivity (Wildman–Crippen MR) is 212 cm³/mol. The molecule has 1 saturated heterocycles. The van der Waals surface area contributed by atoms with Gasteiger partial charge in [-0.1, -0.05) is 145 Å². The average Bonchev–Trinajstić information content (AvgIpc) is 3.18. The van der Waals surface area contributed by atoms with Crippen molar-refractivity contribution < 1.29 is 29.3 Å². The highest BCUT2D eigenvalue weighted by Crippen LogP contribution is 2.39. The lowest BCUT2D eigenvalue weighted by Crippen LogP contribution is -2.40. The van der Waals surface area contributed by atoms with E-state index in [1.54, 1.807) is 0 Å². The molecule has 8 heteroatoms. The zero-order valence-corrected chi connectivity index (χ0v) is 32.3. The van der Waals surface area contributed by atoms with Crippen molar-refractivity contribution in [2.24, 2.45) is 0 Å². The van der Waals surface area contributed by atoms with Crippen molar-refractivity contribution >= 4 is 11.9 Å². The molecule has 0 aliphatic carbocycles. The molecule has 0 saturated carbocycles. The summed E-state index contributed by atoms with van der Waals surface area (Å²) < 4.78 is 13.5. The summed E-state index contributed by atoms with van der Waals surface area (Å²) in [5.41, 5.74) is 5.97. The van der Waals surface area contributed by atoms with Gasteiger partial charge in [-0.2, -0.15) is 0 Å². The van der Waals surface area contributed by atoms with Crippen LogP contribution in [-0.2, 0) is 32.2 Å². The van der Waals surface area contributed by atoms with Gasteiger partial charge in [0.15, 0.2) is 6.29 Å². The number of hydrogen-bond donors (Lipinski definition) is 3. The molecule has 0 aromatic heterocycles. The summed E-state index contributed by atoms with van der Waals surface area (Å²) in [5.74, 6) is -1.25. The van der Waals surface area contributed by atoms with Crippen molar-refractivity contribution in [3.8, 4) is 11.1 Å². The number of ether oxygens (including phenoxy) is 2. The first-order valence-corrected chi connectivity index (χ1v) is 20.3. The lowest BCUT2D eigenvalue weighted by molar-refractivity contribution is -0.253. The maximum atomic E-state index is 12.1. The van der Waals surface area contributed by atoms with Gasteiger partial charge >= 0.3 is 5.97 Å². The molecule has 1 heterocycles. The Morgan fingerprint density at radius 2 is 1.34 bits per heavy atom. The smallest absolute Gasteiger partial charge is 0.303 e. The van der Waals surface area contributed by atoms with Crippen molar-refractivity contribution in [1.82, 2.24) is 10.2 Å². The van der Waals surface area contributed by atoms with E-state index in [-0.39, 0.29) is 37.6 Å². The largest absolute Gasteiger partial charge is 0.481 e. The minimum atomic E-state index is -0.980. The van der Waals surface area contributed by atoms with Gasteiger partial charge in [0.2, 0.25) is 5.91 Å². The van der Waals surface area contributed by atoms with Gasteiger partial charge in [-0.3, -0.25) is 9.59 Å². The molecule has 1 amide bonds. The number of unbranched alkanes of at least 4 members (excludes halogenated alkanes) is 10. The van der Waals surface area contributed by atoms with Gasteiger partial charge in [0.05, 0.1) is 25.2 Å². The number of aliphatic hydroxyl groups is 1. The average molecular weight is 729 g/mol. The van der Waals surface area contributed by atoms with Gasteiger partial charge in [0.1, 0.15) is 0 Å². The molecule has 3 N–H and O–H groups in total. The Bertz CT molecular complexity index is 1460. The summed E-state index contributed by atoms with van der Waals surface area (Å²) in [5, 5.41) is 21.3. The maximum absolute atomic E-state index is 12.1. The van der Waals surface area contributed by atoms with Crippen LogP contribution >= 0.6 is 0 Å². The van der Waals surface area contributed by atoms with E-state index in [1.807, 2.05) is 36.4 Å². The van der Waals surface area contributed by atoms with Crippen LogP contribution in [0.15, 0.2) is 72.8 Å². The number of hydrogen-bond acceptors (Lipinski definition) is 6. The summed E-state index contributed by atoms with van der Waals surface area (Å²) in [4.78, 5) is 25.5. The van der Waals surface area contributed by atoms with Crippen LogP contribution in [0.25, 0.3) is 11.1 Å². The molecule has 4 rings (SSSR count). The minimum Gasteiger partial charge on any atom is -0.481 e. The second-order valence-electron chi connectivity index (χ2n) is 14.7. The molecule has 0 radical (unpaired) electrons. The first-order chi connectivity index (χ1) is 25.9. The van der Waals surface area contributed by atoms with Gasteiger partial charge in [-0.15, -0.1) is 0 Å². The van der Waals surface area contributed by atoms with E-state index in [0.717, 1.165) is 59.4 Å². The number of carbonyl (C=O) groups excluding carboxylic acids is 1. The first-order valence-electron chi connectivity index (χ1n) is 20.3. The van der Waals surface area contributed by atoms with E-state index in [9.17, 15) is 14.7 Å². The van der Waals surface area contributed by atoms with Crippen molar-refractivity contribution in [1.29, 1.82) is 0 Å². The van der Waals surface area contributed by atoms with Crippen LogP contribution in [0.1, 0.15) is 145 Å². The number of carbonyl (C=O) groups is 2. The number of aliphatic carboxylic acids is 1. The van der Waals surface area contributed by atoms with Crippen LogP contribution in [0, 0.1) is 0 Å². The van der Waals surface area contributed by atoms with E-state index in [0.29, 0.717) is 6.54 Å². The zero-order valence-electron chi connectivity index (χ0n) is 32.3. The van der Waals surface area contributed by atoms with Crippen LogP contribution in [0.4, 0.5) is 0 Å². The van der Waals surface area contributed by atoms with Gasteiger partial charge in [-0.05, 0) is 59.8 Å². The number of nitrogens with zero attached hydrogens (tertiary/aromatic N) is 1. The molecule has 1 fully saturated rings. The Hall–Kier alpha value is -3.56. The lowest BCUT2D eigenvalue weighted by atomic mass is 9.98. The van der Waals surface area contributed by atoms with Crippen LogP contribution in [0.5, 0.6) is 0 Å². The topological polar surface area (TPSA) is 108 Å². The Morgan fingerprint density at radius 3 is 1.96 bits per heavy atom. The van der Waals surface area contributed by atoms with Gasteiger partial charge in [0, 0.05) is 31.5 Å². The molecular formula is C45H64N2O6. The molecule has 3 aromatic rings. The molecule has 53 heavy (non-hydrogen) atoms. The fourth-order valence-corrected chi connectivity index (χ4v) is 7.05. The fourth-order valence-electron chi connectivity index (χ4n) is 7.05. The van der Waals surface area contributed by atoms with Crippen molar-refractivity contribution in [3.63, 3.8) is 0 Å². The number of aliphatic hydroxyl groups excluding tert-OH is 1. The minimum absolute atomic E-state index is 0.0125. The SMILES string of the molecule is CCCCCCCCN(CCCCCCCC)C[C@@H]1C[C@H](c2ccc(CO)cc2)O[C@H](c2ccc(-c3cccc(CNC(=O)CCC(=O)O)c3)cc2)O1. The van der Waals surface area contributed by atoms with E-state index in [4.69, 9.17) is 14.6 Å². The fraction of sp³-hybridized carbons (Fsp3) is 0.556. The third kappa shape index (κ3) is 15.4. The lowest BCUT2D eigenvalue weighted by Gasteiger charge is -2.38. The molecule has 3 aromatic carbocycles. The molecular weight excluding hydrogens is 665 g/mol. The molecule has 3 atom stereocenters. The summed E-state index contributed by atoms with van der Waals surface area (Å²) in [6.45, 7) is 7.97. The number of amides is 1. The van der Waals surface area contributed by atoms with Crippen LogP contribution in [-0.4, -0.2) is 52.7 Å². The van der Waals surface area contributed by atoms with Crippen molar-refractivity contribution in [3.05, 3.63) is 95.1 Å². The number of carboxylic acids is 1. The van der Waals surface area contributed by atoms with Crippen LogP contribution < -0.4 is 5.32 Å². The molecule has 1 aliphatic heterocycles. The number of carboxylic acid groups (broad SMARTS) is 1. The second kappa shape index (κ2) is 24.0. The molecule has 290 valence electrons. The maximum Gasteiger partial charge on any atom is 0.303 e. The van der Waals surface area contributed by atoms with E-state index in [1.165, 1.54) is 77.0 Å². The Morgan fingerprint density at radius 1 is 0.717 bits per heavy atom. The molecule has 1 aliphatic rings. The molecule has 0 bridgehead atoms. The molecule has 8 nitrogen and oxygen atoms in total. The third-order valence-corrected chi connectivity index (χ3v) is 10.2. The van der Waals surface area contributed by atoms with Crippen molar-refractivity contribution in [2.45, 2.75) is 142 Å². The number of nitrogens with one attached hydrogen (secondary N) is 1. The van der Waals surface area contributed by atoms with Crippen LogP contribution in [0.2, 0.25) is 0 Å². The third-order valence-electron chi connectivity index (χ3n) is 10.2. The highest BCUT2D eigenvalue weighted by molar-refractivity contribution is 5.80. The Kier molecular flexibility index (Phi) is 19.1. The monoisotopic (exact) mass is 728 g/mol. The highest BCUT2D eigenvalue weighted by Gasteiger charge is 2.33. The van der Waals surface area contributed by atoms with Gasteiger partial charge < -0.3 is 29.9 Å². The number of rotatable bonds is 25. The predicted octanol–water partition coefficient (Wildman–Crippen LogP) is 9.90. The van der Waals surface area contributed by atoms with E-state index in [2.05, 4.69) is 60.5 Å². The normalized spacial score (nSPS) is 17.2. The van der Waals surface area contributed by atoms with Crippen LogP contribution in [0.3, 0.4) is 0 Å². The summed E-state index contributed by atoms with van der Waals surface area (Å²) in [7, 11) is 0. The first kappa shape index (κ1) is 42.2. The Balaban J connectivity index is 1.46. The quantitative estimate of drug-likeness (QED) is 0.0746. The highest BCUT2D eigenvalue weighted by atomic mass is 16.7. The Labute approximate surface area is 318 Å². The zero-order chi connectivity index (χ0) is 37.7. The van der Waals surface area contributed by atoms with Crippen molar-refractivity contribution in [2.75, 3.05) is 19.6 Å². The summed E-state index contributed by atoms with van der Waals surface area (Å²) >= 11 is 0.